The van der Waals surface area contributed by atoms with Gasteiger partial charge in [-0.1, -0.05) is 12.2 Å². The standard InChI is InChI=1S/C15H26N6.HI/c1-6-8-9-11-20(4)15(16-10-7-2)17-12-14-19-18-13(3)21(14)5;/h6-7H,1-2,8-12H2,3-5H3,(H,16,17);1H. The molecule has 0 saturated heterocycles. The van der Waals surface area contributed by atoms with E-state index in [-0.39, 0.29) is 24.0 Å². The second kappa shape index (κ2) is 11.2. The van der Waals surface area contributed by atoms with E-state index in [1.165, 1.54) is 0 Å². The fourth-order valence-electron chi connectivity index (χ4n) is 1.79. The Bertz CT molecular complexity index is 494. The number of hydrogen-bond acceptors (Lipinski definition) is 3. The summed E-state index contributed by atoms with van der Waals surface area (Å²) in [5.41, 5.74) is 0. The van der Waals surface area contributed by atoms with E-state index in [1.54, 1.807) is 0 Å². The summed E-state index contributed by atoms with van der Waals surface area (Å²) < 4.78 is 1.95. The first-order chi connectivity index (χ1) is 10.1. The van der Waals surface area contributed by atoms with Crippen LogP contribution in [0.3, 0.4) is 0 Å². The van der Waals surface area contributed by atoms with Gasteiger partial charge in [-0.05, 0) is 19.8 Å². The Morgan fingerprint density at radius 1 is 1.36 bits per heavy atom. The van der Waals surface area contributed by atoms with Crippen molar-refractivity contribution < 1.29 is 0 Å². The van der Waals surface area contributed by atoms with Crippen molar-refractivity contribution in [2.75, 3.05) is 20.1 Å². The van der Waals surface area contributed by atoms with Crippen LogP contribution in [0.4, 0.5) is 0 Å². The fourth-order valence-corrected chi connectivity index (χ4v) is 1.79. The molecule has 0 aliphatic heterocycles. The van der Waals surface area contributed by atoms with Crippen LogP contribution in [-0.4, -0.2) is 45.8 Å². The summed E-state index contributed by atoms with van der Waals surface area (Å²) in [5.74, 6) is 2.59. The average Bonchev–Trinajstić information content (AvgIpc) is 2.79. The Labute approximate surface area is 150 Å². The smallest absolute Gasteiger partial charge is 0.194 e. The largest absolute Gasteiger partial charge is 0.353 e. The summed E-state index contributed by atoms with van der Waals surface area (Å²) >= 11 is 0. The minimum absolute atomic E-state index is 0. The highest BCUT2D eigenvalue weighted by Gasteiger charge is 2.07. The molecule has 0 spiro atoms. The van der Waals surface area contributed by atoms with Crippen molar-refractivity contribution in [2.45, 2.75) is 26.3 Å². The van der Waals surface area contributed by atoms with Crippen LogP contribution in [0.25, 0.3) is 0 Å². The third-order valence-corrected chi connectivity index (χ3v) is 3.22. The normalized spacial score (nSPS) is 10.8. The summed E-state index contributed by atoms with van der Waals surface area (Å²) in [7, 11) is 3.98. The second-order valence-corrected chi connectivity index (χ2v) is 4.88. The predicted octanol–water partition coefficient (Wildman–Crippen LogP) is 2.27. The van der Waals surface area contributed by atoms with Gasteiger partial charge in [-0.3, -0.25) is 0 Å². The molecule has 7 heteroatoms. The highest BCUT2D eigenvalue weighted by atomic mass is 127. The molecule has 1 rings (SSSR count). The van der Waals surface area contributed by atoms with Crippen LogP contribution in [0, 0.1) is 6.92 Å². The maximum Gasteiger partial charge on any atom is 0.194 e. The monoisotopic (exact) mass is 418 g/mol. The summed E-state index contributed by atoms with van der Waals surface area (Å²) in [5, 5.41) is 11.4. The molecule has 0 radical (unpaired) electrons. The zero-order valence-corrected chi connectivity index (χ0v) is 16.1. The van der Waals surface area contributed by atoms with Crippen LogP contribution in [0.1, 0.15) is 24.5 Å². The van der Waals surface area contributed by atoms with Gasteiger partial charge in [-0.25, -0.2) is 4.99 Å². The van der Waals surface area contributed by atoms with E-state index in [0.29, 0.717) is 13.1 Å². The zero-order chi connectivity index (χ0) is 15.7. The van der Waals surface area contributed by atoms with Crippen LogP contribution in [0.15, 0.2) is 30.3 Å². The van der Waals surface area contributed by atoms with Crippen molar-refractivity contribution in [1.82, 2.24) is 25.0 Å². The molecule has 0 fully saturated rings. The number of aromatic nitrogens is 3. The molecule has 1 aromatic heterocycles. The summed E-state index contributed by atoms with van der Waals surface area (Å²) in [6.45, 7) is 11.5. The van der Waals surface area contributed by atoms with Gasteiger partial charge >= 0.3 is 0 Å². The minimum Gasteiger partial charge on any atom is -0.353 e. The van der Waals surface area contributed by atoms with Gasteiger partial charge < -0.3 is 14.8 Å². The highest BCUT2D eigenvalue weighted by Crippen LogP contribution is 2.01. The van der Waals surface area contributed by atoms with Crippen LogP contribution in [-0.2, 0) is 13.6 Å². The lowest BCUT2D eigenvalue weighted by molar-refractivity contribution is 0.470. The molecule has 1 heterocycles. The van der Waals surface area contributed by atoms with E-state index in [4.69, 9.17) is 0 Å². The number of nitrogens with zero attached hydrogens (tertiary/aromatic N) is 5. The Hall–Kier alpha value is -1.38. The van der Waals surface area contributed by atoms with Crippen LogP contribution in [0.5, 0.6) is 0 Å². The summed E-state index contributed by atoms with van der Waals surface area (Å²) in [4.78, 5) is 6.73. The van der Waals surface area contributed by atoms with Gasteiger partial charge in [0.05, 0.1) is 0 Å². The van der Waals surface area contributed by atoms with E-state index >= 15 is 0 Å². The third kappa shape index (κ3) is 6.59. The molecule has 0 aromatic carbocycles. The molecule has 0 aliphatic rings. The number of allylic oxidation sites excluding steroid dienone is 1. The van der Waals surface area contributed by atoms with Gasteiger partial charge in [0.1, 0.15) is 12.4 Å². The molecule has 1 N–H and O–H groups in total. The minimum atomic E-state index is 0. The topological polar surface area (TPSA) is 58.3 Å². The van der Waals surface area contributed by atoms with Crippen molar-refractivity contribution >= 4 is 29.9 Å². The van der Waals surface area contributed by atoms with E-state index in [1.807, 2.05) is 37.7 Å². The Balaban J connectivity index is 0.00000441. The highest BCUT2D eigenvalue weighted by molar-refractivity contribution is 14.0. The molecule has 0 unspecified atom stereocenters. The van der Waals surface area contributed by atoms with E-state index in [9.17, 15) is 0 Å². The lowest BCUT2D eigenvalue weighted by Gasteiger charge is -2.21. The number of unbranched alkanes of at least 4 members (excludes halogenated alkanes) is 1. The number of nitrogens with one attached hydrogen (secondary N) is 1. The number of aryl methyl sites for hydroxylation is 1. The van der Waals surface area contributed by atoms with E-state index in [0.717, 1.165) is 37.0 Å². The first kappa shape index (κ1) is 20.6. The fraction of sp³-hybridized carbons (Fsp3) is 0.533. The predicted molar refractivity (Wildman–Crippen MR) is 103 cm³/mol. The maximum atomic E-state index is 4.62. The quantitative estimate of drug-likeness (QED) is 0.231. The van der Waals surface area contributed by atoms with Gasteiger partial charge in [0.2, 0.25) is 0 Å². The van der Waals surface area contributed by atoms with Crippen molar-refractivity contribution in [3.8, 4) is 0 Å². The number of hydrogen-bond donors (Lipinski definition) is 1. The molecule has 0 atom stereocenters. The molecule has 0 aliphatic carbocycles. The number of halogens is 1. The number of aliphatic imine (C=N–C) groups is 1. The molecule has 124 valence electrons. The van der Waals surface area contributed by atoms with Gasteiger partial charge in [0, 0.05) is 27.2 Å². The molecule has 6 nitrogen and oxygen atoms in total. The molecule has 0 bridgehead atoms. The molecule has 22 heavy (non-hydrogen) atoms. The SMILES string of the molecule is C=CCCCN(C)C(=NCc1nnc(C)n1C)NCC=C.I. The van der Waals surface area contributed by atoms with Crippen molar-refractivity contribution in [3.05, 3.63) is 37.0 Å². The average molecular weight is 418 g/mol. The summed E-state index contributed by atoms with van der Waals surface area (Å²) in [6.07, 6.45) is 5.81. The Kier molecular flexibility index (Phi) is 10.5. The third-order valence-electron chi connectivity index (χ3n) is 3.22. The molecule has 1 aromatic rings. The second-order valence-electron chi connectivity index (χ2n) is 4.88. The zero-order valence-electron chi connectivity index (χ0n) is 13.7. The lowest BCUT2D eigenvalue weighted by atomic mass is 10.3. The van der Waals surface area contributed by atoms with Gasteiger partial charge in [-0.2, -0.15) is 0 Å². The van der Waals surface area contributed by atoms with E-state index in [2.05, 4.69) is 38.6 Å². The van der Waals surface area contributed by atoms with Crippen LogP contribution >= 0.6 is 24.0 Å². The van der Waals surface area contributed by atoms with Gasteiger partial charge in [0.25, 0.3) is 0 Å². The van der Waals surface area contributed by atoms with Crippen LogP contribution < -0.4 is 5.32 Å². The van der Waals surface area contributed by atoms with Crippen LogP contribution in [0.2, 0.25) is 0 Å². The molecular weight excluding hydrogens is 391 g/mol. The maximum absolute atomic E-state index is 4.62. The molecular formula is C15H27IN6. The summed E-state index contributed by atoms with van der Waals surface area (Å²) in [6, 6.07) is 0. The number of guanidine groups is 1. The van der Waals surface area contributed by atoms with Crippen molar-refractivity contribution in [3.63, 3.8) is 0 Å². The first-order valence-electron chi connectivity index (χ1n) is 7.16. The first-order valence-corrected chi connectivity index (χ1v) is 7.16. The Morgan fingerprint density at radius 3 is 2.64 bits per heavy atom. The lowest BCUT2D eigenvalue weighted by Crippen LogP contribution is -2.39. The van der Waals surface area contributed by atoms with Gasteiger partial charge in [0.15, 0.2) is 11.8 Å². The molecule has 0 saturated carbocycles. The molecule has 0 amide bonds. The van der Waals surface area contributed by atoms with Crippen molar-refractivity contribution in [2.24, 2.45) is 12.0 Å². The number of rotatable bonds is 8. The van der Waals surface area contributed by atoms with Gasteiger partial charge in [-0.15, -0.1) is 47.3 Å². The van der Waals surface area contributed by atoms with E-state index < -0.39 is 0 Å². The Morgan fingerprint density at radius 2 is 2.09 bits per heavy atom. The van der Waals surface area contributed by atoms with Crippen molar-refractivity contribution in [1.29, 1.82) is 0 Å².